The second kappa shape index (κ2) is 5.72. The van der Waals surface area contributed by atoms with E-state index in [-0.39, 0.29) is 12.6 Å². The lowest BCUT2D eigenvalue weighted by Gasteiger charge is -2.24. The number of benzene rings is 1. The van der Waals surface area contributed by atoms with Gasteiger partial charge in [0.1, 0.15) is 6.61 Å². The summed E-state index contributed by atoms with van der Waals surface area (Å²) in [5.74, 6) is -0.155. The first-order valence-corrected chi connectivity index (χ1v) is 6.66. The Morgan fingerprint density at radius 3 is 2.44 bits per heavy atom. The van der Waals surface area contributed by atoms with Crippen molar-refractivity contribution >= 4 is 17.6 Å². The minimum Gasteiger partial charge on any atom is -0.460 e. The molecule has 1 aromatic carbocycles. The van der Waals surface area contributed by atoms with Crippen molar-refractivity contribution < 1.29 is 9.53 Å². The fraction of sp³-hybridized carbons (Fsp3) is 0.500. The van der Waals surface area contributed by atoms with E-state index in [2.05, 4.69) is 0 Å². The number of hydrogen-bond donors (Lipinski definition) is 1. The molecule has 0 aromatic heterocycles. The third-order valence-electron chi connectivity index (χ3n) is 3.67. The molecule has 1 fully saturated rings. The van der Waals surface area contributed by atoms with Gasteiger partial charge in [-0.1, -0.05) is 36.6 Å². The zero-order valence-corrected chi connectivity index (χ0v) is 11.1. The maximum atomic E-state index is 12.1. The summed E-state index contributed by atoms with van der Waals surface area (Å²) in [5, 5.41) is 0.680. The predicted octanol–water partition coefficient (Wildman–Crippen LogP) is 2.90. The summed E-state index contributed by atoms with van der Waals surface area (Å²) >= 11 is 5.80. The second-order valence-corrected chi connectivity index (χ2v) is 5.33. The summed E-state index contributed by atoms with van der Waals surface area (Å²) < 4.78 is 5.38. The molecular formula is C14H18ClNO2. The average Bonchev–Trinajstić information content (AvgIpc) is 2.88. The standard InChI is InChI=1S/C14H18ClNO2/c15-12-5-3-11(4-6-12)9-18-13(17)14(10-16)7-1-2-8-14/h3-6H,1-2,7-10,16H2. The van der Waals surface area contributed by atoms with Crippen LogP contribution in [-0.4, -0.2) is 12.5 Å². The molecule has 0 saturated heterocycles. The van der Waals surface area contributed by atoms with Crippen LogP contribution < -0.4 is 5.73 Å². The number of hydrogen-bond acceptors (Lipinski definition) is 3. The quantitative estimate of drug-likeness (QED) is 0.854. The molecule has 1 saturated carbocycles. The van der Waals surface area contributed by atoms with E-state index < -0.39 is 5.41 Å². The fourth-order valence-corrected chi connectivity index (χ4v) is 2.55. The molecule has 2 rings (SSSR count). The average molecular weight is 268 g/mol. The van der Waals surface area contributed by atoms with Crippen molar-refractivity contribution in [3.8, 4) is 0 Å². The maximum Gasteiger partial charge on any atom is 0.313 e. The van der Waals surface area contributed by atoms with Crippen LogP contribution in [0.15, 0.2) is 24.3 Å². The molecule has 0 radical (unpaired) electrons. The molecule has 0 atom stereocenters. The van der Waals surface area contributed by atoms with Gasteiger partial charge in [-0.25, -0.2) is 0 Å². The summed E-state index contributed by atoms with van der Waals surface area (Å²) in [6, 6.07) is 7.30. The number of carbonyl (C=O) groups excluding carboxylic acids is 1. The zero-order valence-electron chi connectivity index (χ0n) is 10.3. The third kappa shape index (κ3) is 2.85. The van der Waals surface area contributed by atoms with E-state index in [9.17, 15) is 4.79 Å². The lowest BCUT2D eigenvalue weighted by molar-refractivity contribution is -0.156. The van der Waals surface area contributed by atoms with Crippen LogP contribution in [0.1, 0.15) is 31.2 Å². The molecule has 0 spiro atoms. The molecule has 0 amide bonds. The van der Waals surface area contributed by atoms with Crippen molar-refractivity contribution in [2.45, 2.75) is 32.3 Å². The fourth-order valence-electron chi connectivity index (χ4n) is 2.43. The topological polar surface area (TPSA) is 52.3 Å². The van der Waals surface area contributed by atoms with Crippen LogP contribution in [0.25, 0.3) is 0 Å². The summed E-state index contributed by atoms with van der Waals surface area (Å²) in [7, 11) is 0. The Morgan fingerprint density at radius 1 is 1.28 bits per heavy atom. The van der Waals surface area contributed by atoms with E-state index in [0.717, 1.165) is 31.2 Å². The molecule has 0 unspecified atom stereocenters. The van der Waals surface area contributed by atoms with Crippen LogP contribution >= 0.6 is 11.6 Å². The highest BCUT2D eigenvalue weighted by atomic mass is 35.5. The number of nitrogens with two attached hydrogens (primary N) is 1. The lowest BCUT2D eigenvalue weighted by Crippen LogP contribution is -2.37. The Hall–Kier alpha value is -1.06. The van der Waals surface area contributed by atoms with E-state index in [1.54, 1.807) is 12.1 Å². The van der Waals surface area contributed by atoms with Crippen molar-refractivity contribution in [2.75, 3.05) is 6.54 Å². The van der Waals surface area contributed by atoms with E-state index in [1.165, 1.54) is 0 Å². The summed E-state index contributed by atoms with van der Waals surface area (Å²) in [5.41, 5.74) is 6.24. The molecule has 0 aliphatic heterocycles. The number of rotatable bonds is 4. The van der Waals surface area contributed by atoms with Crippen LogP contribution in [0.3, 0.4) is 0 Å². The molecule has 0 heterocycles. The first kappa shape index (κ1) is 13.4. The first-order valence-electron chi connectivity index (χ1n) is 6.28. The molecular weight excluding hydrogens is 250 g/mol. The normalized spacial score (nSPS) is 17.7. The Labute approximate surface area is 112 Å². The Morgan fingerprint density at radius 2 is 1.89 bits per heavy atom. The van der Waals surface area contributed by atoms with Crippen molar-refractivity contribution in [1.82, 2.24) is 0 Å². The minimum atomic E-state index is -0.438. The monoisotopic (exact) mass is 267 g/mol. The van der Waals surface area contributed by atoms with Crippen molar-refractivity contribution in [1.29, 1.82) is 0 Å². The highest BCUT2D eigenvalue weighted by molar-refractivity contribution is 6.30. The summed E-state index contributed by atoms with van der Waals surface area (Å²) in [4.78, 5) is 12.1. The van der Waals surface area contributed by atoms with E-state index >= 15 is 0 Å². The Balaban J connectivity index is 1.93. The maximum absolute atomic E-state index is 12.1. The molecule has 1 aliphatic rings. The van der Waals surface area contributed by atoms with E-state index in [4.69, 9.17) is 22.1 Å². The van der Waals surface area contributed by atoms with Gasteiger partial charge in [-0.05, 0) is 30.5 Å². The number of ether oxygens (including phenoxy) is 1. The largest absolute Gasteiger partial charge is 0.460 e. The molecule has 1 aromatic rings. The number of carbonyl (C=O) groups is 1. The van der Waals surface area contributed by atoms with Gasteiger partial charge in [0.15, 0.2) is 0 Å². The predicted molar refractivity (Wildman–Crippen MR) is 71.2 cm³/mol. The van der Waals surface area contributed by atoms with Gasteiger partial charge in [0, 0.05) is 11.6 Å². The first-order chi connectivity index (χ1) is 8.66. The van der Waals surface area contributed by atoms with Crippen LogP contribution in [0, 0.1) is 5.41 Å². The van der Waals surface area contributed by atoms with Gasteiger partial charge >= 0.3 is 5.97 Å². The van der Waals surface area contributed by atoms with Crippen LogP contribution in [-0.2, 0) is 16.1 Å². The van der Waals surface area contributed by atoms with Gasteiger partial charge in [0.2, 0.25) is 0 Å². The molecule has 1 aliphatic carbocycles. The third-order valence-corrected chi connectivity index (χ3v) is 3.92. The molecule has 0 bridgehead atoms. The van der Waals surface area contributed by atoms with Crippen LogP contribution in [0.2, 0.25) is 5.02 Å². The van der Waals surface area contributed by atoms with Gasteiger partial charge < -0.3 is 10.5 Å². The molecule has 2 N–H and O–H groups in total. The van der Waals surface area contributed by atoms with Gasteiger partial charge in [-0.3, -0.25) is 4.79 Å². The summed E-state index contributed by atoms with van der Waals surface area (Å²) in [6.45, 7) is 0.671. The molecule has 3 nitrogen and oxygen atoms in total. The van der Waals surface area contributed by atoms with Gasteiger partial charge in [0.25, 0.3) is 0 Å². The van der Waals surface area contributed by atoms with Crippen molar-refractivity contribution in [3.05, 3.63) is 34.9 Å². The number of esters is 1. The Kier molecular flexibility index (Phi) is 4.25. The lowest BCUT2D eigenvalue weighted by atomic mass is 9.86. The Bertz CT molecular complexity index is 410. The van der Waals surface area contributed by atoms with Gasteiger partial charge in [-0.2, -0.15) is 0 Å². The summed E-state index contributed by atoms with van der Waals surface area (Å²) in [6.07, 6.45) is 3.83. The molecule has 18 heavy (non-hydrogen) atoms. The van der Waals surface area contributed by atoms with Crippen LogP contribution in [0.4, 0.5) is 0 Å². The van der Waals surface area contributed by atoms with Crippen molar-refractivity contribution in [2.24, 2.45) is 11.1 Å². The van der Waals surface area contributed by atoms with Gasteiger partial charge in [0.05, 0.1) is 5.41 Å². The molecule has 4 heteroatoms. The zero-order chi connectivity index (χ0) is 13.0. The van der Waals surface area contributed by atoms with Crippen molar-refractivity contribution in [3.63, 3.8) is 0 Å². The van der Waals surface area contributed by atoms with Gasteiger partial charge in [-0.15, -0.1) is 0 Å². The second-order valence-electron chi connectivity index (χ2n) is 4.89. The van der Waals surface area contributed by atoms with E-state index in [1.807, 2.05) is 12.1 Å². The van der Waals surface area contributed by atoms with Crippen LogP contribution in [0.5, 0.6) is 0 Å². The number of halogens is 1. The minimum absolute atomic E-state index is 0.155. The highest BCUT2D eigenvalue weighted by Gasteiger charge is 2.41. The smallest absolute Gasteiger partial charge is 0.313 e. The highest BCUT2D eigenvalue weighted by Crippen LogP contribution is 2.38. The van der Waals surface area contributed by atoms with E-state index in [0.29, 0.717) is 11.6 Å². The SMILES string of the molecule is NCC1(C(=O)OCc2ccc(Cl)cc2)CCCC1. The molecule has 98 valence electrons.